The van der Waals surface area contributed by atoms with Crippen LogP contribution < -0.4 is 5.32 Å². The zero-order valence-electron chi connectivity index (χ0n) is 13.7. The van der Waals surface area contributed by atoms with Crippen molar-refractivity contribution in [1.82, 2.24) is 10.2 Å². The van der Waals surface area contributed by atoms with Gasteiger partial charge in [0.15, 0.2) is 5.60 Å². The molecule has 1 aliphatic heterocycles. The van der Waals surface area contributed by atoms with Crippen LogP contribution in [0.2, 0.25) is 0 Å². The van der Waals surface area contributed by atoms with E-state index in [-0.39, 0.29) is 17.9 Å². The first kappa shape index (κ1) is 18.4. The molecule has 1 fully saturated rings. The molecule has 0 bridgehead atoms. The summed E-state index contributed by atoms with van der Waals surface area (Å²) in [5, 5.41) is 20.9. The fourth-order valence-corrected chi connectivity index (χ4v) is 2.35. The van der Waals surface area contributed by atoms with Gasteiger partial charge in [0.25, 0.3) is 0 Å². The minimum Gasteiger partial charge on any atom is -0.479 e. The number of carbonyl (C=O) groups excluding carboxylic acids is 2. The Morgan fingerprint density at radius 1 is 1.23 bits per heavy atom. The third-order valence-electron chi connectivity index (χ3n) is 3.62. The minimum absolute atomic E-state index is 0.0739. The molecular formula is C15H26N2O5. The lowest BCUT2D eigenvalue weighted by molar-refractivity contribution is -0.156. The number of carboxylic acids is 1. The van der Waals surface area contributed by atoms with Crippen LogP contribution in [-0.4, -0.2) is 57.6 Å². The third kappa shape index (κ3) is 4.98. The summed E-state index contributed by atoms with van der Waals surface area (Å²) in [5.41, 5.74) is -2.18. The van der Waals surface area contributed by atoms with Crippen molar-refractivity contribution in [2.24, 2.45) is 5.41 Å². The molecule has 0 aromatic heterocycles. The van der Waals surface area contributed by atoms with Gasteiger partial charge in [-0.3, -0.25) is 9.59 Å². The van der Waals surface area contributed by atoms with Crippen LogP contribution >= 0.6 is 0 Å². The normalized spacial score (nSPS) is 21.3. The first-order valence-corrected chi connectivity index (χ1v) is 7.47. The smallest absolute Gasteiger partial charge is 0.337 e. The maximum atomic E-state index is 12.3. The van der Waals surface area contributed by atoms with E-state index < -0.39 is 23.5 Å². The van der Waals surface area contributed by atoms with E-state index in [9.17, 15) is 19.5 Å². The molecule has 0 aromatic carbocycles. The predicted molar refractivity (Wildman–Crippen MR) is 80.1 cm³/mol. The molecule has 2 unspecified atom stereocenters. The van der Waals surface area contributed by atoms with Crippen molar-refractivity contribution in [3.63, 3.8) is 0 Å². The zero-order chi connectivity index (χ0) is 17.1. The number of amides is 2. The van der Waals surface area contributed by atoms with Crippen LogP contribution in [0.3, 0.4) is 0 Å². The van der Waals surface area contributed by atoms with Crippen molar-refractivity contribution >= 4 is 17.8 Å². The second-order valence-electron chi connectivity index (χ2n) is 7.28. The molecule has 22 heavy (non-hydrogen) atoms. The van der Waals surface area contributed by atoms with Crippen molar-refractivity contribution in [1.29, 1.82) is 0 Å². The molecule has 126 valence electrons. The monoisotopic (exact) mass is 314 g/mol. The lowest BCUT2D eigenvalue weighted by Crippen LogP contribution is -2.52. The van der Waals surface area contributed by atoms with E-state index in [1.807, 2.05) is 20.8 Å². The fourth-order valence-electron chi connectivity index (χ4n) is 2.35. The SMILES string of the molecule is CC(C)(C)CC(=O)N1CCCC1C(=O)NCC(C)(O)C(=O)O. The lowest BCUT2D eigenvalue weighted by Gasteiger charge is -2.28. The first-order valence-electron chi connectivity index (χ1n) is 7.47. The van der Waals surface area contributed by atoms with E-state index in [1.165, 1.54) is 0 Å². The highest BCUT2D eigenvalue weighted by Gasteiger charge is 2.37. The van der Waals surface area contributed by atoms with Gasteiger partial charge < -0.3 is 20.4 Å². The summed E-state index contributed by atoms with van der Waals surface area (Å²) in [6, 6.07) is -0.584. The summed E-state index contributed by atoms with van der Waals surface area (Å²) in [6.45, 7) is 7.13. The van der Waals surface area contributed by atoms with Gasteiger partial charge in [-0.2, -0.15) is 0 Å². The van der Waals surface area contributed by atoms with Crippen LogP contribution in [0.25, 0.3) is 0 Å². The standard InChI is InChI=1S/C15H26N2O5/c1-14(2,3)8-11(18)17-7-5-6-10(17)12(19)16-9-15(4,22)13(20)21/h10,22H,5-9H2,1-4H3,(H,16,19)(H,20,21). The van der Waals surface area contributed by atoms with Gasteiger partial charge in [0, 0.05) is 13.0 Å². The van der Waals surface area contributed by atoms with E-state index in [2.05, 4.69) is 5.32 Å². The summed E-state index contributed by atoms with van der Waals surface area (Å²) in [6.07, 6.45) is 1.64. The number of hydrogen-bond donors (Lipinski definition) is 3. The maximum Gasteiger partial charge on any atom is 0.337 e. The number of hydrogen-bond acceptors (Lipinski definition) is 4. The van der Waals surface area contributed by atoms with Crippen LogP contribution in [0.1, 0.15) is 47.0 Å². The highest BCUT2D eigenvalue weighted by molar-refractivity contribution is 5.89. The molecule has 2 amide bonds. The molecule has 1 saturated heterocycles. The third-order valence-corrected chi connectivity index (χ3v) is 3.62. The Bertz CT molecular complexity index is 453. The topological polar surface area (TPSA) is 107 Å². The summed E-state index contributed by atoms with van der Waals surface area (Å²) < 4.78 is 0. The molecule has 1 rings (SSSR count). The molecule has 2 atom stereocenters. The number of carboxylic acid groups (broad SMARTS) is 1. The number of nitrogens with one attached hydrogen (secondary N) is 1. The van der Waals surface area contributed by atoms with Gasteiger partial charge in [-0.15, -0.1) is 0 Å². The lowest BCUT2D eigenvalue weighted by atomic mass is 9.91. The van der Waals surface area contributed by atoms with Crippen LogP contribution in [0, 0.1) is 5.41 Å². The van der Waals surface area contributed by atoms with E-state index in [0.29, 0.717) is 19.4 Å². The Hall–Kier alpha value is -1.63. The maximum absolute atomic E-state index is 12.3. The van der Waals surface area contributed by atoms with Gasteiger partial charge in [0.2, 0.25) is 11.8 Å². The van der Waals surface area contributed by atoms with E-state index >= 15 is 0 Å². The molecular weight excluding hydrogens is 288 g/mol. The molecule has 0 aliphatic carbocycles. The van der Waals surface area contributed by atoms with Crippen molar-refractivity contribution in [3.8, 4) is 0 Å². The summed E-state index contributed by atoms with van der Waals surface area (Å²) in [7, 11) is 0. The van der Waals surface area contributed by atoms with Gasteiger partial charge >= 0.3 is 5.97 Å². The van der Waals surface area contributed by atoms with Crippen molar-refractivity contribution in [2.45, 2.75) is 58.6 Å². The summed E-state index contributed by atoms with van der Waals surface area (Å²) in [4.78, 5) is 36.8. The number of aliphatic hydroxyl groups is 1. The molecule has 1 aliphatic rings. The van der Waals surface area contributed by atoms with E-state index in [1.54, 1.807) is 4.90 Å². The predicted octanol–water partition coefficient (Wildman–Crippen LogP) is 0.365. The number of aliphatic carboxylic acids is 1. The number of likely N-dealkylation sites (tertiary alicyclic amines) is 1. The largest absolute Gasteiger partial charge is 0.479 e. The molecule has 0 spiro atoms. The average Bonchev–Trinajstić information content (AvgIpc) is 2.83. The van der Waals surface area contributed by atoms with Crippen molar-refractivity contribution in [3.05, 3.63) is 0 Å². The van der Waals surface area contributed by atoms with Crippen LogP contribution in [-0.2, 0) is 14.4 Å². The molecule has 7 heteroatoms. The molecule has 1 heterocycles. The molecule has 7 nitrogen and oxygen atoms in total. The van der Waals surface area contributed by atoms with Crippen molar-refractivity contribution < 1.29 is 24.6 Å². The van der Waals surface area contributed by atoms with Crippen LogP contribution in [0.5, 0.6) is 0 Å². The van der Waals surface area contributed by atoms with Crippen molar-refractivity contribution in [2.75, 3.05) is 13.1 Å². The Morgan fingerprint density at radius 3 is 2.32 bits per heavy atom. The van der Waals surface area contributed by atoms with Crippen LogP contribution in [0.4, 0.5) is 0 Å². The highest BCUT2D eigenvalue weighted by atomic mass is 16.4. The second-order valence-corrected chi connectivity index (χ2v) is 7.28. The Labute approximate surface area is 130 Å². The Kier molecular flexibility index (Phi) is 5.56. The number of nitrogens with zero attached hydrogens (tertiary/aromatic N) is 1. The summed E-state index contributed by atoms with van der Waals surface area (Å²) in [5.74, 6) is -1.89. The second kappa shape index (κ2) is 6.64. The fraction of sp³-hybridized carbons (Fsp3) is 0.800. The quantitative estimate of drug-likeness (QED) is 0.679. The number of carbonyl (C=O) groups is 3. The van der Waals surface area contributed by atoms with Gasteiger partial charge in [-0.1, -0.05) is 20.8 Å². The van der Waals surface area contributed by atoms with Gasteiger partial charge in [0.05, 0.1) is 6.54 Å². The molecule has 0 aromatic rings. The van der Waals surface area contributed by atoms with Gasteiger partial charge in [-0.25, -0.2) is 4.79 Å². The van der Waals surface area contributed by atoms with E-state index in [0.717, 1.165) is 13.3 Å². The molecule has 0 radical (unpaired) electrons. The summed E-state index contributed by atoms with van der Waals surface area (Å²) >= 11 is 0. The first-order chi connectivity index (χ1) is 9.94. The zero-order valence-corrected chi connectivity index (χ0v) is 13.7. The van der Waals surface area contributed by atoms with E-state index in [4.69, 9.17) is 5.11 Å². The molecule has 3 N–H and O–H groups in total. The Morgan fingerprint density at radius 2 is 1.82 bits per heavy atom. The Balaban J connectivity index is 2.64. The van der Waals surface area contributed by atoms with Gasteiger partial charge in [-0.05, 0) is 25.2 Å². The van der Waals surface area contributed by atoms with Crippen LogP contribution in [0.15, 0.2) is 0 Å². The number of rotatable bonds is 5. The highest BCUT2D eigenvalue weighted by Crippen LogP contribution is 2.24. The minimum atomic E-state index is -2.02. The van der Waals surface area contributed by atoms with Gasteiger partial charge in [0.1, 0.15) is 6.04 Å². The average molecular weight is 314 g/mol. The molecule has 0 saturated carbocycles.